The van der Waals surface area contributed by atoms with E-state index < -0.39 is 0 Å². The Morgan fingerprint density at radius 3 is 3.08 bits per heavy atom. The molecule has 62 valence electrons. The van der Waals surface area contributed by atoms with E-state index in [0.29, 0.717) is 0 Å². The molecule has 12 heavy (non-hydrogen) atoms. The van der Waals surface area contributed by atoms with Crippen LogP contribution in [0.4, 0.5) is 0 Å². The van der Waals surface area contributed by atoms with Gasteiger partial charge in [-0.3, -0.25) is 0 Å². The Kier molecular flexibility index (Phi) is 1.86. The van der Waals surface area contributed by atoms with Crippen molar-refractivity contribution in [2.75, 3.05) is 0 Å². The topological polar surface area (TPSA) is 9.23 Å². The number of benzene rings is 1. The highest BCUT2D eigenvalue weighted by atomic mass is 16.5. The van der Waals surface area contributed by atoms with Gasteiger partial charge in [-0.15, -0.1) is 0 Å². The Morgan fingerprint density at radius 2 is 2.25 bits per heavy atom. The van der Waals surface area contributed by atoms with Gasteiger partial charge < -0.3 is 4.74 Å². The molecule has 0 fully saturated rings. The van der Waals surface area contributed by atoms with Crippen molar-refractivity contribution in [3.63, 3.8) is 0 Å². The molecule has 2 rings (SSSR count). The molecule has 0 saturated heterocycles. The largest absolute Gasteiger partial charge is 0.486 e. The first-order chi connectivity index (χ1) is 5.90. The van der Waals surface area contributed by atoms with Crippen molar-refractivity contribution < 1.29 is 4.74 Å². The smallest absolute Gasteiger partial charge is 0.123 e. The van der Waals surface area contributed by atoms with E-state index in [1.807, 2.05) is 18.2 Å². The minimum absolute atomic E-state index is 0.208. The number of rotatable bonds is 1. The molecule has 1 aromatic carbocycles. The molecule has 1 heteroatoms. The fourth-order valence-electron chi connectivity index (χ4n) is 1.51. The second-order valence-corrected chi connectivity index (χ2v) is 3.04. The summed E-state index contributed by atoms with van der Waals surface area (Å²) in [6, 6.07) is 8.19. The Labute approximate surface area is 72.7 Å². The summed E-state index contributed by atoms with van der Waals surface area (Å²) in [4.78, 5) is 0. The van der Waals surface area contributed by atoms with Crippen LogP contribution in [-0.4, -0.2) is 6.10 Å². The van der Waals surface area contributed by atoms with Crippen molar-refractivity contribution in [3.8, 4) is 5.75 Å². The van der Waals surface area contributed by atoms with E-state index in [2.05, 4.69) is 18.7 Å². The van der Waals surface area contributed by atoms with Crippen LogP contribution in [0, 0.1) is 0 Å². The molecule has 0 amide bonds. The fraction of sp³-hybridized carbons (Fsp3) is 0.273. The molecule has 0 N–H and O–H groups in total. The van der Waals surface area contributed by atoms with E-state index in [1.54, 1.807) is 0 Å². The lowest BCUT2D eigenvalue weighted by Gasteiger charge is -2.23. The second kappa shape index (κ2) is 3.02. The monoisotopic (exact) mass is 160 g/mol. The van der Waals surface area contributed by atoms with Crippen molar-refractivity contribution in [1.29, 1.82) is 0 Å². The maximum absolute atomic E-state index is 5.66. The zero-order valence-electron chi connectivity index (χ0n) is 6.99. The standard InChI is InChI=1S/C11H12O/c1-2-10-8-7-9-5-3-4-6-11(9)12-10/h2-6,10H,1,7-8H2/t10-/m0/s1. The van der Waals surface area contributed by atoms with Gasteiger partial charge >= 0.3 is 0 Å². The number of para-hydroxylation sites is 1. The fourth-order valence-corrected chi connectivity index (χ4v) is 1.51. The van der Waals surface area contributed by atoms with Gasteiger partial charge in [0.25, 0.3) is 0 Å². The van der Waals surface area contributed by atoms with Crippen molar-refractivity contribution in [2.24, 2.45) is 0 Å². The summed E-state index contributed by atoms with van der Waals surface area (Å²) in [6.07, 6.45) is 4.24. The van der Waals surface area contributed by atoms with Crippen LogP contribution in [-0.2, 0) is 6.42 Å². The van der Waals surface area contributed by atoms with Crippen molar-refractivity contribution in [2.45, 2.75) is 18.9 Å². The van der Waals surface area contributed by atoms with E-state index >= 15 is 0 Å². The summed E-state index contributed by atoms with van der Waals surface area (Å²) < 4.78 is 5.66. The minimum atomic E-state index is 0.208. The van der Waals surface area contributed by atoms with E-state index in [0.717, 1.165) is 18.6 Å². The highest BCUT2D eigenvalue weighted by Crippen LogP contribution is 2.26. The highest BCUT2D eigenvalue weighted by Gasteiger charge is 2.15. The van der Waals surface area contributed by atoms with E-state index in [1.165, 1.54) is 5.56 Å². The van der Waals surface area contributed by atoms with Crippen LogP contribution in [0.15, 0.2) is 36.9 Å². The number of aryl methyl sites for hydroxylation is 1. The summed E-state index contributed by atoms with van der Waals surface area (Å²) in [7, 11) is 0. The van der Waals surface area contributed by atoms with Gasteiger partial charge in [0, 0.05) is 0 Å². The molecule has 0 unspecified atom stereocenters. The van der Waals surface area contributed by atoms with Gasteiger partial charge in [-0.1, -0.05) is 30.9 Å². The predicted octanol–water partition coefficient (Wildman–Crippen LogP) is 2.57. The molecular weight excluding hydrogens is 148 g/mol. The summed E-state index contributed by atoms with van der Waals surface area (Å²) in [6.45, 7) is 3.73. The van der Waals surface area contributed by atoms with Gasteiger partial charge in [-0.2, -0.15) is 0 Å². The number of hydrogen-bond donors (Lipinski definition) is 0. The Morgan fingerprint density at radius 1 is 1.42 bits per heavy atom. The van der Waals surface area contributed by atoms with Gasteiger partial charge in [-0.05, 0) is 24.5 Å². The lowest BCUT2D eigenvalue weighted by molar-refractivity contribution is 0.219. The van der Waals surface area contributed by atoms with E-state index in [-0.39, 0.29) is 6.10 Å². The summed E-state index contributed by atoms with van der Waals surface area (Å²) in [5.74, 6) is 1.02. The maximum atomic E-state index is 5.66. The Balaban J connectivity index is 2.28. The average Bonchev–Trinajstić information content (AvgIpc) is 2.17. The Hall–Kier alpha value is -1.24. The van der Waals surface area contributed by atoms with Crippen LogP contribution in [0.25, 0.3) is 0 Å². The third-order valence-electron chi connectivity index (χ3n) is 2.21. The molecule has 0 bridgehead atoms. The second-order valence-electron chi connectivity index (χ2n) is 3.04. The molecule has 0 radical (unpaired) electrons. The first kappa shape index (κ1) is 7.41. The van der Waals surface area contributed by atoms with Gasteiger partial charge in [0.2, 0.25) is 0 Å². The van der Waals surface area contributed by atoms with Crippen molar-refractivity contribution >= 4 is 0 Å². The molecule has 0 aromatic heterocycles. The van der Waals surface area contributed by atoms with E-state index in [9.17, 15) is 0 Å². The molecule has 1 aromatic rings. The molecule has 0 saturated carbocycles. The predicted molar refractivity (Wildman–Crippen MR) is 49.4 cm³/mol. The molecule has 1 atom stereocenters. The zero-order chi connectivity index (χ0) is 8.39. The lowest BCUT2D eigenvalue weighted by atomic mass is 10.0. The molecule has 1 aliphatic rings. The summed E-state index contributed by atoms with van der Waals surface area (Å²) in [5.41, 5.74) is 1.32. The quantitative estimate of drug-likeness (QED) is 0.574. The summed E-state index contributed by atoms with van der Waals surface area (Å²) in [5, 5.41) is 0. The number of hydrogen-bond acceptors (Lipinski definition) is 1. The molecule has 1 aliphatic heterocycles. The molecule has 0 aliphatic carbocycles. The van der Waals surface area contributed by atoms with Crippen LogP contribution in [0.5, 0.6) is 5.75 Å². The van der Waals surface area contributed by atoms with Crippen molar-refractivity contribution in [3.05, 3.63) is 42.5 Å². The number of ether oxygens (including phenoxy) is 1. The SMILES string of the molecule is C=C[C@H]1CCc2ccccc2O1. The normalized spacial score (nSPS) is 20.8. The molecule has 0 spiro atoms. The van der Waals surface area contributed by atoms with Crippen LogP contribution in [0.1, 0.15) is 12.0 Å². The maximum Gasteiger partial charge on any atom is 0.123 e. The average molecular weight is 160 g/mol. The van der Waals surface area contributed by atoms with Gasteiger partial charge in [0.1, 0.15) is 11.9 Å². The molecule has 1 nitrogen and oxygen atoms in total. The first-order valence-corrected chi connectivity index (χ1v) is 4.27. The highest BCUT2D eigenvalue weighted by molar-refractivity contribution is 5.35. The molecule has 1 heterocycles. The molecular formula is C11H12O. The minimum Gasteiger partial charge on any atom is -0.486 e. The van der Waals surface area contributed by atoms with Crippen LogP contribution in [0.2, 0.25) is 0 Å². The van der Waals surface area contributed by atoms with Crippen LogP contribution in [0.3, 0.4) is 0 Å². The van der Waals surface area contributed by atoms with Crippen LogP contribution < -0.4 is 4.74 Å². The lowest BCUT2D eigenvalue weighted by Crippen LogP contribution is -2.19. The first-order valence-electron chi connectivity index (χ1n) is 4.27. The summed E-state index contributed by atoms with van der Waals surface area (Å²) >= 11 is 0. The zero-order valence-corrected chi connectivity index (χ0v) is 6.99. The van der Waals surface area contributed by atoms with Crippen molar-refractivity contribution in [1.82, 2.24) is 0 Å². The van der Waals surface area contributed by atoms with Gasteiger partial charge in [0.05, 0.1) is 0 Å². The third kappa shape index (κ3) is 1.22. The van der Waals surface area contributed by atoms with E-state index in [4.69, 9.17) is 4.74 Å². The third-order valence-corrected chi connectivity index (χ3v) is 2.21. The van der Waals surface area contributed by atoms with Gasteiger partial charge in [-0.25, -0.2) is 0 Å². The van der Waals surface area contributed by atoms with Gasteiger partial charge in [0.15, 0.2) is 0 Å². The Bertz CT molecular complexity index is 291. The number of fused-ring (bicyclic) bond motifs is 1. The van der Waals surface area contributed by atoms with Crippen LogP contribution >= 0.6 is 0 Å².